The van der Waals surface area contributed by atoms with Crippen LogP contribution < -0.4 is 5.32 Å². The number of halogens is 1. The van der Waals surface area contributed by atoms with Crippen LogP contribution in [0.25, 0.3) is 0 Å². The molecule has 0 spiro atoms. The highest BCUT2D eigenvalue weighted by atomic mass is 35.5. The second-order valence-corrected chi connectivity index (χ2v) is 6.95. The third-order valence-electron chi connectivity index (χ3n) is 3.36. The van der Waals surface area contributed by atoms with E-state index < -0.39 is 5.60 Å². The average molecular weight is 311 g/mol. The zero-order chi connectivity index (χ0) is 15.6. The molecule has 1 aromatic rings. The molecule has 1 saturated heterocycles. The van der Waals surface area contributed by atoms with E-state index in [0.29, 0.717) is 19.1 Å². The van der Waals surface area contributed by atoms with Crippen LogP contribution in [0.4, 0.5) is 4.79 Å². The number of carbonyl (C=O) groups is 1. The zero-order valence-electron chi connectivity index (χ0n) is 13.1. The molecule has 0 radical (unpaired) electrons. The molecule has 5 heteroatoms. The van der Waals surface area contributed by atoms with Crippen LogP contribution in [-0.2, 0) is 11.3 Å². The lowest BCUT2D eigenvalue weighted by molar-refractivity contribution is 0.00519. The molecule has 1 fully saturated rings. The molecule has 0 atom stereocenters. The average Bonchev–Trinajstić information content (AvgIpc) is 2.29. The quantitative estimate of drug-likeness (QED) is 0.931. The molecule has 1 N–H and O–H groups in total. The number of hydrogen-bond acceptors (Lipinski definition) is 3. The largest absolute Gasteiger partial charge is 0.444 e. The van der Waals surface area contributed by atoms with Crippen LogP contribution >= 0.6 is 11.6 Å². The van der Waals surface area contributed by atoms with Crippen molar-refractivity contribution < 1.29 is 9.53 Å². The molecule has 1 aromatic carbocycles. The van der Waals surface area contributed by atoms with Gasteiger partial charge in [-0.25, -0.2) is 4.79 Å². The third-order valence-corrected chi connectivity index (χ3v) is 3.77. The predicted octanol–water partition coefficient (Wildman–Crippen LogP) is 3.36. The maximum absolute atomic E-state index is 11.8. The molecule has 2 rings (SSSR count). The maximum Gasteiger partial charge on any atom is 0.410 e. The molecule has 0 aromatic heterocycles. The van der Waals surface area contributed by atoms with E-state index in [1.54, 1.807) is 4.90 Å². The van der Waals surface area contributed by atoms with E-state index in [1.165, 1.54) is 0 Å². The Morgan fingerprint density at radius 1 is 1.43 bits per heavy atom. The Balaban J connectivity index is 1.73. The first-order valence-electron chi connectivity index (χ1n) is 7.21. The highest BCUT2D eigenvalue weighted by molar-refractivity contribution is 6.31. The number of rotatable bonds is 3. The van der Waals surface area contributed by atoms with Crippen molar-refractivity contribution in [1.82, 2.24) is 10.2 Å². The normalized spacial score (nSPS) is 15.8. The number of benzene rings is 1. The third kappa shape index (κ3) is 4.61. The summed E-state index contributed by atoms with van der Waals surface area (Å²) >= 11 is 6.11. The molecular formula is C16H23ClN2O2. The molecular weight excluding hydrogens is 288 g/mol. The van der Waals surface area contributed by atoms with E-state index in [1.807, 2.05) is 39.8 Å². The summed E-state index contributed by atoms with van der Waals surface area (Å²) in [4.78, 5) is 13.5. The number of aryl methyl sites for hydroxylation is 1. The summed E-state index contributed by atoms with van der Waals surface area (Å²) in [7, 11) is 0. The fourth-order valence-corrected chi connectivity index (χ4v) is 2.29. The molecule has 0 bridgehead atoms. The topological polar surface area (TPSA) is 41.6 Å². The molecule has 1 aliphatic rings. The second-order valence-electron chi connectivity index (χ2n) is 6.55. The van der Waals surface area contributed by atoms with Gasteiger partial charge in [-0.2, -0.15) is 0 Å². The van der Waals surface area contributed by atoms with Gasteiger partial charge in [0.05, 0.1) is 0 Å². The number of amides is 1. The summed E-state index contributed by atoms with van der Waals surface area (Å²) in [6.07, 6.45) is -0.237. The summed E-state index contributed by atoms with van der Waals surface area (Å²) in [6, 6.07) is 6.39. The minimum Gasteiger partial charge on any atom is -0.444 e. The summed E-state index contributed by atoms with van der Waals surface area (Å²) < 4.78 is 5.32. The van der Waals surface area contributed by atoms with Crippen molar-refractivity contribution in [3.05, 3.63) is 34.3 Å². The molecule has 4 nitrogen and oxygen atoms in total. The first kappa shape index (κ1) is 16.1. The SMILES string of the molecule is Cc1ccc(CNC2CN(C(=O)OC(C)(C)C)C2)cc1Cl. The van der Waals surface area contributed by atoms with Gasteiger partial charge < -0.3 is 15.0 Å². The Kier molecular flexibility index (Phi) is 4.79. The number of ether oxygens (including phenoxy) is 1. The van der Waals surface area contributed by atoms with Crippen LogP contribution in [0.3, 0.4) is 0 Å². The Morgan fingerprint density at radius 3 is 2.67 bits per heavy atom. The van der Waals surface area contributed by atoms with E-state index in [9.17, 15) is 4.79 Å². The first-order valence-corrected chi connectivity index (χ1v) is 7.59. The summed E-state index contributed by atoms with van der Waals surface area (Å²) in [5.41, 5.74) is 1.80. The number of nitrogens with one attached hydrogen (secondary N) is 1. The van der Waals surface area contributed by atoms with Crippen LogP contribution in [0.15, 0.2) is 18.2 Å². The smallest absolute Gasteiger partial charge is 0.410 e. The van der Waals surface area contributed by atoms with Gasteiger partial charge in [0.25, 0.3) is 0 Å². The first-order chi connectivity index (χ1) is 9.74. The van der Waals surface area contributed by atoms with E-state index in [4.69, 9.17) is 16.3 Å². The van der Waals surface area contributed by atoms with Gasteiger partial charge in [0.1, 0.15) is 5.60 Å². The van der Waals surface area contributed by atoms with Crippen molar-refractivity contribution in [3.8, 4) is 0 Å². The van der Waals surface area contributed by atoms with Gasteiger partial charge in [0, 0.05) is 30.7 Å². The lowest BCUT2D eigenvalue weighted by atomic mass is 10.1. The summed E-state index contributed by atoms with van der Waals surface area (Å²) in [5, 5.41) is 4.21. The standard InChI is InChI=1S/C16H23ClN2O2/c1-11-5-6-12(7-14(11)17)8-18-13-9-19(10-13)15(20)21-16(2,3)4/h5-7,13,18H,8-10H2,1-4H3. The minimum atomic E-state index is -0.436. The predicted molar refractivity (Wildman–Crippen MR) is 84.6 cm³/mol. The molecule has 1 aliphatic heterocycles. The van der Waals surface area contributed by atoms with Crippen molar-refractivity contribution in [2.75, 3.05) is 13.1 Å². The van der Waals surface area contributed by atoms with E-state index in [2.05, 4.69) is 11.4 Å². The maximum atomic E-state index is 11.8. The van der Waals surface area contributed by atoms with Gasteiger partial charge in [-0.05, 0) is 44.9 Å². The Bertz CT molecular complexity index is 519. The van der Waals surface area contributed by atoms with Crippen molar-refractivity contribution in [2.45, 2.75) is 45.9 Å². The van der Waals surface area contributed by atoms with E-state index in [0.717, 1.165) is 22.7 Å². The molecule has 21 heavy (non-hydrogen) atoms. The van der Waals surface area contributed by atoms with Gasteiger partial charge in [0.2, 0.25) is 0 Å². The van der Waals surface area contributed by atoms with Crippen LogP contribution in [0, 0.1) is 6.92 Å². The molecule has 0 saturated carbocycles. The summed E-state index contributed by atoms with van der Waals surface area (Å²) in [5.74, 6) is 0. The molecule has 1 amide bonds. The zero-order valence-corrected chi connectivity index (χ0v) is 13.8. The number of nitrogens with zero attached hydrogens (tertiary/aromatic N) is 1. The highest BCUT2D eigenvalue weighted by Gasteiger charge is 2.33. The van der Waals surface area contributed by atoms with Crippen molar-refractivity contribution in [2.24, 2.45) is 0 Å². The minimum absolute atomic E-state index is 0.237. The van der Waals surface area contributed by atoms with Gasteiger partial charge in [-0.15, -0.1) is 0 Å². The fraction of sp³-hybridized carbons (Fsp3) is 0.562. The lowest BCUT2D eigenvalue weighted by Gasteiger charge is -2.40. The van der Waals surface area contributed by atoms with Gasteiger partial charge >= 0.3 is 6.09 Å². The molecule has 1 heterocycles. The van der Waals surface area contributed by atoms with E-state index >= 15 is 0 Å². The van der Waals surface area contributed by atoms with E-state index in [-0.39, 0.29) is 6.09 Å². The van der Waals surface area contributed by atoms with Crippen LogP contribution in [-0.4, -0.2) is 35.7 Å². The van der Waals surface area contributed by atoms with Gasteiger partial charge in [-0.3, -0.25) is 0 Å². The Labute approximate surface area is 131 Å². The highest BCUT2D eigenvalue weighted by Crippen LogP contribution is 2.18. The Hall–Kier alpha value is -1.26. The molecule has 0 unspecified atom stereocenters. The molecule has 116 valence electrons. The van der Waals surface area contributed by atoms with Gasteiger partial charge in [-0.1, -0.05) is 23.7 Å². The Morgan fingerprint density at radius 2 is 2.10 bits per heavy atom. The monoisotopic (exact) mass is 310 g/mol. The van der Waals surface area contributed by atoms with Crippen LogP contribution in [0.1, 0.15) is 31.9 Å². The van der Waals surface area contributed by atoms with Crippen molar-refractivity contribution in [1.29, 1.82) is 0 Å². The number of carbonyl (C=O) groups excluding carboxylic acids is 1. The second kappa shape index (κ2) is 6.24. The fourth-order valence-electron chi connectivity index (χ4n) is 2.09. The number of likely N-dealkylation sites (tertiary alicyclic amines) is 1. The van der Waals surface area contributed by atoms with Crippen LogP contribution in [0.5, 0.6) is 0 Å². The number of hydrogen-bond donors (Lipinski definition) is 1. The molecule has 0 aliphatic carbocycles. The lowest BCUT2D eigenvalue weighted by Crippen LogP contribution is -2.60. The van der Waals surface area contributed by atoms with Crippen molar-refractivity contribution in [3.63, 3.8) is 0 Å². The summed E-state index contributed by atoms with van der Waals surface area (Å²) in [6.45, 7) is 9.75. The van der Waals surface area contributed by atoms with Gasteiger partial charge in [0.15, 0.2) is 0 Å². The van der Waals surface area contributed by atoms with Crippen LogP contribution in [0.2, 0.25) is 5.02 Å². The van der Waals surface area contributed by atoms with Crippen molar-refractivity contribution >= 4 is 17.7 Å².